The van der Waals surface area contributed by atoms with E-state index in [0.717, 1.165) is 24.3 Å². The Labute approximate surface area is 131 Å². The maximum Gasteiger partial charge on any atom is 0.105 e. The molecule has 0 aliphatic heterocycles. The van der Waals surface area contributed by atoms with Crippen LogP contribution in [0.2, 0.25) is 5.02 Å². The molecule has 0 heterocycles. The number of benzene rings is 1. The van der Waals surface area contributed by atoms with E-state index in [-0.39, 0.29) is 5.41 Å². The van der Waals surface area contributed by atoms with Crippen LogP contribution in [0.4, 0.5) is 0 Å². The zero-order valence-corrected chi connectivity index (χ0v) is 13.5. The van der Waals surface area contributed by atoms with Crippen molar-refractivity contribution >= 4 is 17.3 Å². The number of hydrogen-bond donors (Lipinski definition) is 2. The molecule has 0 amide bonds. The second-order valence-electron chi connectivity index (χ2n) is 6.10. The number of nitrogens with zero attached hydrogens (tertiary/aromatic N) is 1. The quantitative estimate of drug-likeness (QED) is 0.461. The van der Waals surface area contributed by atoms with Crippen LogP contribution in [-0.2, 0) is 5.41 Å². The van der Waals surface area contributed by atoms with Crippen LogP contribution in [0.1, 0.15) is 57.9 Å². The molecule has 3 nitrogen and oxygen atoms in total. The molecule has 0 bridgehead atoms. The molecule has 2 rings (SSSR count). The molecule has 0 aromatic heterocycles. The van der Waals surface area contributed by atoms with Crippen molar-refractivity contribution < 1.29 is 10.3 Å². The van der Waals surface area contributed by atoms with Crippen LogP contribution < -0.4 is 0 Å². The van der Waals surface area contributed by atoms with Crippen LogP contribution in [-0.4, -0.2) is 21.6 Å². The van der Waals surface area contributed by atoms with Gasteiger partial charge in [-0.1, -0.05) is 49.2 Å². The molecular weight excluding hydrogens is 286 g/mol. The van der Waals surface area contributed by atoms with Gasteiger partial charge in [0.05, 0.1) is 5.71 Å². The van der Waals surface area contributed by atoms with Crippen molar-refractivity contribution in [3.63, 3.8) is 0 Å². The minimum Gasteiger partial charge on any atom is -0.411 e. The molecule has 0 saturated heterocycles. The first-order valence-electron chi connectivity index (χ1n) is 7.69. The molecule has 21 heavy (non-hydrogen) atoms. The fourth-order valence-electron chi connectivity index (χ4n) is 3.25. The normalized spacial score (nSPS) is 18.4. The highest BCUT2D eigenvalue weighted by atomic mass is 35.5. The van der Waals surface area contributed by atoms with Crippen LogP contribution in [0.15, 0.2) is 29.4 Å². The highest BCUT2D eigenvalue weighted by Gasteiger charge is 2.43. The van der Waals surface area contributed by atoms with Crippen molar-refractivity contribution in [1.82, 2.24) is 0 Å². The maximum atomic E-state index is 10.7. The van der Waals surface area contributed by atoms with Gasteiger partial charge in [0, 0.05) is 16.9 Å². The second kappa shape index (κ2) is 6.37. The zero-order valence-electron chi connectivity index (χ0n) is 12.8. The molecule has 0 spiro atoms. The third-order valence-corrected chi connectivity index (χ3v) is 5.35. The third kappa shape index (κ3) is 3.09. The molecule has 4 heteroatoms. The minimum absolute atomic E-state index is 0.0233. The molecule has 0 unspecified atom stereocenters. The Balaban J connectivity index is 2.27. The summed E-state index contributed by atoms with van der Waals surface area (Å²) in [6.07, 6.45) is 4.98. The lowest BCUT2D eigenvalue weighted by molar-refractivity contribution is 0.0915. The summed E-state index contributed by atoms with van der Waals surface area (Å²) in [5, 5.41) is 24.2. The van der Waals surface area contributed by atoms with Gasteiger partial charge in [-0.15, -0.1) is 0 Å². The van der Waals surface area contributed by atoms with E-state index < -0.39 is 5.60 Å². The molecular formula is C17H24ClNO2. The van der Waals surface area contributed by atoms with Gasteiger partial charge in [0.15, 0.2) is 0 Å². The average molecular weight is 310 g/mol. The summed E-state index contributed by atoms with van der Waals surface area (Å²) in [6.45, 7) is 3.84. The van der Waals surface area contributed by atoms with E-state index in [0.29, 0.717) is 25.0 Å². The van der Waals surface area contributed by atoms with Crippen molar-refractivity contribution in [1.29, 1.82) is 0 Å². The molecule has 1 aromatic rings. The van der Waals surface area contributed by atoms with E-state index in [9.17, 15) is 10.3 Å². The molecule has 1 saturated carbocycles. The number of hydrogen-bond acceptors (Lipinski definition) is 3. The van der Waals surface area contributed by atoms with Crippen LogP contribution in [0, 0.1) is 0 Å². The summed E-state index contributed by atoms with van der Waals surface area (Å²) in [5.41, 5.74) is 0.685. The number of aliphatic hydroxyl groups is 1. The summed E-state index contributed by atoms with van der Waals surface area (Å²) in [4.78, 5) is 0. The molecule has 0 atom stereocenters. The van der Waals surface area contributed by atoms with Gasteiger partial charge in [-0.3, -0.25) is 0 Å². The first-order chi connectivity index (χ1) is 9.99. The SMILES string of the molecule is CCC(O)(CC)C(CC1(c2ccc(Cl)cc2)CCC1)=NO. The maximum absolute atomic E-state index is 10.7. The first-order valence-corrected chi connectivity index (χ1v) is 8.07. The summed E-state index contributed by atoms with van der Waals surface area (Å²) in [7, 11) is 0. The zero-order chi connectivity index (χ0) is 15.5. The van der Waals surface area contributed by atoms with Crippen LogP contribution >= 0.6 is 11.6 Å². The summed E-state index contributed by atoms with van der Waals surface area (Å²) >= 11 is 5.97. The molecule has 1 fully saturated rings. The molecule has 2 N–H and O–H groups in total. The van der Waals surface area contributed by atoms with Crippen LogP contribution in [0.25, 0.3) is 0 Å². The predicted octanol–water partition coefficient (Wildman–Crippen LogP) is 4.53. The van der Waals surface area contributed by atoms with Crippen molar-refractivity contribution in [3.8, 4) is 0 Å². The van der Waals surface area contributed by atoms with Gasteiger partial charge in [-0.2, -0.15) is 0 Å². The van der Waals surface area contributed by atoms with Gasteiger partial charge < -0.3 is 10.3 Å². The molecule has 1 aromatic carbocycles. The van der Waals surface area contributed by atoms with E-state index in [2.05, 4.69) is 5.16 Å². The van der Waals surface area contributed by atoms with Gasteiger partial charge in [0.1, 0.15) is 5.60 Å². The summed E-state index contributed by atoms with van der Waals surface area (Å²) in [5.74, 6) is 0. The first kappa shape index (κ1) is 16.3. The van der Waals surface area contributed by atoms with E-state index in [1.165, 1.54) is 5.56 Å². The van der Waals surface area contributed by atoms with Gasteiger partial charge in [0.2, 0.25) is 0 Å². The highest BCUT2D eigenvalue weighted by Crippen LogP contribution is 2.48. The molecule has 0 radical (unpaired) electrons. The fourth-order valence-corrected chi connectivity index (χ4v) is 3.37. The van der Waals surface area contributed by atoms with Crippen molar-refractivity contribution in [2.75, 3.05) is 0 Å². The van der Waals surface area contributed by atoms with Crippen LogP contribution in [0.5, 0.6) is 0 Å². The van der Waals surface area contributed by atoms with Gasteiger partial charge in [-0.05, 0) is 43.4 Å². The van der Waals surface area contributed by atoms with Crippen molar-refractivity contribution in [3.05, 3.63) is 34.9 Å². The third-order valence-electron chi connectivity index (χ3n) is 5.10. The van der Waals surface area contributed by atoms with E-state index in [1.807, 2.05) is 38.1 Å². The molecule has 1 aliphatic rings. The molecule has 116 valence electrons. The second-order valence-corrected chi connectivity index (χ2v) is 6.54. The largest absolute Gasteiger partial charge is 0.411 e. The highest BCUT2D eigenvalue weighted by molar-refractivity contribution is 6.30. The number of halogens is 1. The van der Waals surface area contributed by atoms with E-state index >= 15 is 0 Å². The number of rotatable bonds is 6. The van der Waals surface area contributed by atoms with Crippen LogP contribution in [0.3, 0.4) is 0 Å². The Morgan fingerprint density at radius 1 is 1.24 bits per heavy atom. The smallest absolute Gasteiger partial charge is 0.105 e. The Bertz CT molecular complexity index is 502. The Kier molecular flexibility index (Phi) is 4.95. The Morgan fingerprint density at radius 2 is 1.81 bits per heavy atom. The predicted molar refractivity (Wildman–Crippen MR) is 86.4 cm³/mol. The van der Waals surface area contributed by atoms with Crippen molar-refractivity contribution in [2.45, 2.75) is 63.4 Å². The summed E-state index contributed by atoms with van der Waals surface area (Å²) < 4.78 is 0. The topological polar surface area (TPSA) is 52.8 Å². The monoisotopic (exact) mass is 309 g/mol. The Morgan fingerprint density at radius 3 is 2.19 bits per heavy atom. The Hall–Kier alpha value is -1.06. The van der Waals surface area contributed by atoms with Gasteiger partial charge >= 0.3 is 0 Å². The van der Waals surface area contributed by atoms with Gasteiger partial charge in [-0.25, -0.2) is 0 Å². The lowest BCUT2D eigenvalue weighted by Crippen LogP contribution is -2.45. The minimum atomic E-state index is -1.01. The lowest BCUT2D eigenvalue weighted by atomic mass is 9.60. The lowest BCUT2D eigenvalue weighted by Gasteiger charge is -2.44. The molecule has 1 aliphatic carbocycles. The standard InChI is InChI=1S/C17H24ClNO2/c1-3-17(20,4-2)15(19-21)12-16(10-5-11-16)13-6-8-14(18)9-7-13/h6-9,20-21H,3-5,10-12H2,1-2H3. The average Bonchev–Trinajstić information content (AvgIpc) is 2.47. The van der Waals surface area contributed by atoms with E-state index in [4.69, 9.17) is 11.6 Å². The fraction of sp³-hybridized carbons (Fsp3) is 0.588. The number of oxime groups is 1. The van der Waals surface area contributed by atoms with Gasteiger partial charge in [0.25, 0.3) is 0 Å². The van der Waals surface area contributed by atoms with E-state index in [1.54, 1.807) is 0 Å². The summed E-state index contributed by atoms with van der Waals surface area (Å²) in [6, 6.07) is 7.90. The van der Waals surface area contributed by atoms with Crippen molar-refractivity contribution in [2.24, 2.45) is 5.16 Å².